The normalized spacial score (nSPS) is 12.4. The monoisotopic (exact) mass is 226 g/mol. The third-order valence-corrected chi connectivity index (χ3v) is 2.33. The van der Waals surface area contributed by atoms with Gasteiger partial charge in [0, 0.05) is 6.54 Å². The van der Waals surface area contributed by atoms with Crippen molar-refractivity contribution in [2.45, 2.75) is 39.3 Å². The molecular formula is C10H18N4O2. The topological polar surface area (TPSA) is 80.0 Å². The highest BCUT2D eigenvalue weighted by molar-refractivity contribution is 5.79. The fraction of sp³-hybridized carbons (Fsp3) is 0.700. The lowest BCUT2D eigenvalue weighted by molar-refractivity contribution is -0.124. The first-order valence-electron chi connectivity index (χ1n) is 5.48. The van der Waals surface area contributed by atoms with Crippen LogP contribution in [0.15, 0.2) is 6.20 Å². The van der Waals surface area contributed by atoms with Crippen molar-refractivity contribution in [3.05, 3.63) is 11.9 Å². The van der Waals surface area contributed by atoms with E-state index < -0.39 is 6.04 Å². The summed E-state index contributed by atoms with van der Waals surface area (Å²) in [7, 11) is 0. The molecular weight excluding hydrogens is 208 g/mol. The van der Waals surface area contributed by atoms with E-state index in [1.165, 1.54) is 4.68 Å². The summed E-state index contributed by atoms with van der Waals surface area (Å²) in [6.07, 6.45) is 3.59. The second-order valence-electron chi connectivity index (χ2n) is 3.67. The van der Waals surface area contributed by atoms with Crippen molar-refractivity contribution in [2.75, 3.05) is 6.54 Å². The van der Waals surface area contributed by atoms with Gasteiger partial charge in [-0.1, -0.05) is 18.6 Å². The fourth-order valence-corrected chi connectivity index (χ4v) is 1.23. The van der Waals surface area contributed by atoms with Crippen LogP contribution in [-0.4, -0.2) is 32.6 Å². The summed E-state index contributed by atoms with van der Waals surface area (Å²) >= 11 is 0. The Balaban J connectivity index is 2.49. The van der Waals surface area contributed by atoms with Crippen molar-refractivity contribution in [1.29, 1.82) is 0 Å². The van der Waals surface area contributed by atoms with Crippen LogP contribution in [0.4, 0.5) is 0 Å². The fourth-order valence-electron chi connectivity index (χ4n) is 1.23. The number of amides is 1. The van der Waals surface area contributed by atoms with Crippen LogP contribution in [0.5, 0.6) is 0 Å². The Morgan fingerprint density at radius 3 is 3.00 bits per heavy atom. The van der Waals surface area contributed by atoms with E-state index in [-0.39, 0.29) is 12.5 Å². The van der Waals surface area contributed by atoms with E-state index in [0.29, 0.717) is 12.2 Å². The molecule has 16 heavy (non-hydrogen) atoms. The molecule has 0 aliphatic rings. The average molecular weight is 226 g/mol. The van der Waals surface area contributed by atoms with Crippen LogP contribution >= 0.6 is 0 Å². The van der Waals surface area contributed by atoms with Gasteiger partial charge in [0.25, 0.3) is 0 Å². The van der Waals surface area contributed by atoms with Gasteiger partial charge >= 0.3 is 0 Å². The summed E-state index contributed by atoms with van der Waals surface area (Å²) in [5.41, 5.74) is 0.466. The third-order valence-electron chi connectivity index (χ3n) is 2.33. The number of hydrogen-bond acceptors (Lipinski definition) is 4. The van der Waals surface area contributed by atoms with Gasteiger partial charge in [0.15, 0.2) is 0 Å². The molecule has 0 spiro atoms. The van der Waals surface area contributed by atoms with Gasteiger partial charge in [0.1, 0.15) is 11.7 Å². The van der Waals surface area contributed by atoms with Crippen LogP contribution in [0.2, 0.25) is 0 Å². The smallest absolute Gasteiger partial charge is 0.244 e. The largest absolute Gasteiger partial charge is 0.390 e. The molecule has 1 unspecified atom stereocenters. The van der Waals surface area contributed by atoms with Crippen LogP contribution in [0.3, 0.4) is 0 Å². The molecule has 0 radical (unpaired) electrons. The number of aliphatic hydroxyl groups is 1. The summed E-state index contributed by atoms with van der Waals surface area (Å²) in [5.74, 6) is -0.0807. The number of carbonyl (C=O) groups is 1. The Morgan fingerprint density at radius 2 is 2.44 bits per heavy atom. The molecule has 0 bridgehead atoms. The number of nitrogens with one attached hydrogen (secondary N) is 1. The van der Waals surface area contributed by atoms with E-state index >= 15 is 0 Å². The van der Waals surface area contributed by atoms with Crippen molar-refractivity contribution in [1.82, 2.24) is 20.3 Å². The molecule has 0 saturated carbocycles. The Kier molecular flexibility index (Phi) is 4.91. The number of nitrogens with zero attached hydrogens (tertiary/aromatic N) is 3. The van der Waals surface area contributed by atoms with Crippen LogP contribution in [0, 0.1) is 0 Å². The lowest BCUT2D eigenvalue weighted by atomic mass is 10.3. The quantitative estimate of drug-likeness (QED) is 0.681. The van der Waals surface area contributed by atoms with Crippen molar-refractivity contribution in [3.63, 3.8) is 0 Å². The summed E-state index contributed by atoms with van der Waals surface area (Å²) in [6.45, 7) is 4.34. The number of hydrogen-bond donors (Lipinski definition) is 2. The van der Waals surface area contributed by atoms with E-state index in [1.54, 1.807) is 13.1 Å². The maximum Gasteiger partial charge on any atom is 0.244 e. The second-order valence-corrected chi connectivity index (χ2v) is 3.67. The van der Waals surface area contributed by atoms with Gasteiger partial charge in [0.05, 0.1) is 12.8 Å². The molecule has 6 nitrogen and oxygen atoms in total. The summed E-state index contributed by atoms with van der Waals surface area (Å²) in [4.78, 5) is 11.7. The van der Waals surface area contributed by atoms with Crippen LogP contribution < -0.4 is 5.32 Å². The number of aromatic nitrogens is 3. The number of aliphatic hydroxyl groups excluding tert-OH is 1. The first-order chi connectivity index (χ1) is 7.69. The van der Waals surface area contributed by atoms with E-state index in [9.17, 15) is 4.79 Å². The molecule has 0 aliphatic heterocycles. The van der Waals surface area contributed by atoms with Crippen LogP contribution in [0.1, 0.15) is 38.4 Å². The first-order valence-corrected chi connectivity index (χ1v) is 5.48. The molecule has 1 atom stereocenters. The molecule has 0 aliphatic carbocycles. The highest BCUT2D eigenvalue weighted by atomic mass is 16.3. The van der Waals surface area contributed by atoms with Crippen molar-refractivity contribution in [3.8, 4) is 0 Å². The number of unbranched alkanes of at least 4 members (excludes halogenated alkanes) is 1. The Bertz CT molecular complexity index is 337. The summed E-state index contributed by atoms with van der Waals surface area (Å²) in [5, 5.41) is 19.1. The number of carbonyl (C=O) groups excluding carboxylic acids is 1. The first kappa shape index (κ1) is 12.6. The van der Waals surface area contributed by atoms with Gasteiger partial charge in [-0.2, -0.15) is 0 Å². The molecule has 0 fully saturated rings. The Hall–Kier alpha value is -1.43. The zero-order chi connectivity index (χ0) is 12.0. The second kappa shape index (κ2) is 6.22. The maximum absolute atomic E-state index is 11.7. The highest BCUT2D eigenvalue weighted by Crippen LogP contribution is 2.04. The van der Waals surface area contributed by atoms with Gasteiger partial charge in [0.2, 0.25) is 5.91 Å². The molecule has 0 saturated heterocycles. The Labute approximate surface area is 94.7 Å². The van der Waals surface area contributed by atoms with Crippen molar-refractivity contribution < 1.29 is 9.90 Å². The van der Waals surface area contributed by atoms with Gasteiger partial charge in [-0.3, -0.25) is 4.79 Å². The molecule has 1 amide bonds. The SMILES string of the molecule is CCCCNC(=O)C(C)n1cc(CO)nn1. The van der Waals surface area contributed by atoms with Crippen LogP contribution in [0.25, 0.3) is 0 Å². The minimum absolute atomic E-state index is 0.0807. The Morgan fingerprint density at radius 1 is 1.69 bits per heavy atom. The van der Waals surface area contributed by atoms with Gasteiger partial charge in [-0.05, 0) is 13.3 Å². The number of rotatable bonds is 6. The van der Waals surface area contributed by atoms with E-state index in [4.69, 9.17) is 5.11 Å². The lowest BCUT2D eigenvalue weighted by Crippen LogP contribution is -2.31. The zero-order valence-electron chi connectivity index (χ0n) is 9.68. The molecule has 6 heteroatoms. The summed E-state index contributed by atoms with van der Waals surface area (Å²) in [6, 6.07) is -0.398. The van der Waals surface area contributed by atoms with Gasteiger partial charge < -0.3 is 10.4 Å². The van der Waals surface area contributed by atoms with E-state index in [0.717, 1.165) is 12.8 Å². The molecule has 1 heterocycles. The van der Waals surface area contributed by atoms with Gasteiger partial charge in [-0.25, -0.2) is 4.68 Å². The molecule has 2 N–H and O–H groups in total. The van der Waals surface area contributed by atoms with Crippen LogP contribution in [-0.2, 0) is 11.4 Å². The van der Waals surface area contributed by atoms with E-state index in [2.05, 4.69) is 22.6 Å². The minimum atomic E-state index is -0.398. The van der Waals surface area contributed by atoms with Gasteiger partial charge in [-0.15, -0.1) is 5.10 Å². The highest BCUT2D eigenvalue weighted by Gasteiger charge is 2.15. The summed E-state index contributed by atoms with van der Waals surface area (Å²) < 4.78 is 1.45. The molecule has 1 aromatic heterocycles. The predicted octanol–water partition coefficient (Wildman–Crippen LogP) is 0.248. The predicted molar refractivity (Wildman–Crippen MR) is 58.6 cm³/mol. The third kappa shape index (κ3) is 3.30. The maximum atomic E-state index is 11.7. The molecule has 1 rings (SSSR count). The minimum Gasteiger partial charge on any atom is -0.390 e. The molecule has 1 aromatic rings. The molecule has 0 aromatic carbocycles. The lowest BCUT2D eigenvalue weighted by Gasteiger charge is -2.11. The van der Waals surface area contributed by atoms with Crippen molar-refractivity contribution in [2.24, 2.45) is 0 Å². The standard InChI is InChI=1S/C10H18N4O2/c1-3-4-5-11-10(16)8(2)14-6-9(7-15)12-13-14/h6,8,15H,3-5,7H2,1-2H3,(H,11,16). The average Bonchev–Trinajstić information content (AvgIpc) is 2.76. The van der Waals surface area contributed by atoms with E-state index in [1.807, 2.05) is 0 Å². The molecule has 90 valence electrons. The zero-order valence-corrected chi connectivity index (χ0v) is 9.68. The van der Waals surface area contributed by atoms with Crippen molar-refractivity contribution >= 4 is 5.91 Å².